The third-order valence-electron chi connectivity index (χ3n) is 4.45. The minimum Gasteiger partial charge on any atom is -0.363 e. The molecule has 1 atom stereocenters. The molecule has 0 aliphatic carbocycles. The summed E-state index contributed by atoms with van der Waals surface area (Å²) < 4.78 is 1.14. The van der Waals surface area contributed by atoms with Gasteiger partial charge in [0.1, 0.15) is 0 Å². The number of anilines is 1. The normalized spacial score (nSPS) is 19.0. The van der Waals surface area contributed by atoms with E-state index < -0.39 is 0 Å². The number of rotatable bonds is 2. The van der Waals surface area contributed by atoms with Crippen LogP contribution in [0.25, 0.3) is 0 Å². The van der Waals surface area contributed by atoms with Crippen LogP contribution in [0.15, 0.2) is 53.0 Å². The largest absolute Gasteiger partial charge is 0.363 e. The van der Waals surface area contributed by atoms with E-state index in [0.717, 1.165) is 16.8 Å². The first-order valence-electron chi connectivity index (χ1n) is 8.15. The van der Waals surface area contributed by atoms with Crippen LogP contribution in [-0.2, 0) is 5.41 Å². The number of hydrogen-bond acceptors (Lipinski definition) is 2. The van der Waals surface area contributed by atoms with Crippen LogP contribution in [0.5, 0.6) is 0 Å². The fourth-order valence-electron chi connectivity index (χ4n) is 3.03. The van der Waals surface area contributed by atoms with Crippen LogP contribution in [0.4, 0.5) is 5.69 Å². The summed E-state index contributed by atoms with van der Waals surface area (Å²) in [7, 11) is 0. The molecule has 0 N–H and O–H groups in total. The smallest absolute Gasteiger partial charge is 0.0633 e. The number of nitrogens with zero attached hydrogens (tertiary/aromatic N) is 1. The van der Waals surface area contributed by atoms with E-state index in [4.69, 9.17) is 0 Å². The molecule has 122 valence electrons. The highest BCUT2D eigenvalue weighted by atomic mass is 79.9. The molecule has 0 aromatic heterocycles. The maximum atomic E-state index is 3.54. The molecule has 1 aliphatic heterocycles. The summed E-state index contributed by atoms with van der Waals surface area (Å²) in [4.78, 5) is 2.56. The summed E-state index contributed by atoms with van der Waals surface area (Å²) in [5.41, 5.74) is 4.35. The molecule has 1 saturated heterocycles. The highest BCUT2D eigenvalue weighted by Crippen LogP contribution is 2.35. The molecule has 0 amide bonds. The average molecular weight is 390 g/mol. The van der Waals surface area contributed by atoms with Crippen LogP contribution in [0.2, 0.25) is 0 Å². The molecule has 1 heterocycles. The zero-order valence-corrected chi connectivity index (χ0v) is 16.5. The Labute approximate surface area is 152 Å². The number of halogens is 1. The first-order valence-corrected chi connectivity index (χ1v) is 10.1. The van der Waals surface area contributed by atoms with Gasteiger partial charge in [0.25, 0.3) is 0 Å². The van der Waals surface area contributed by atoms with Crippen molar-refractivity contribution in [2.75, 3.05) is 23.0 Å². The van der Waals surface area contributed by atoms with Gasteiger partial charge in [-0.25, -0.2) is 0 Å². The lowest BCUT2D eigenvalue weighted by Crippen LogP contribution is -2.36. The molecule has 0 bridgehead atoms. The average Bonchev–Trinajstić information content (AvgIpc) is 2.55. The van der Waals surface area contributed by atoms with Crippen LogP contribution < -0.4 is 4.90 Å². The molecule has 2 aromatic rings. The van der Waals surface area contributed by atoms with Gasteiger partial charge >= 0.3 is 0 Å². The lowest BCUT2D eigenvalue weighted by Gasteiger charge is -2.38. The molecule has 1 nitrogen and oxygen atoms in total. The van der Waals surface area contributed by atoms with Crippen molar-refractivity contribution in [2.45, 2.75) is 32.2 Å². The lowest BCUT2D eigenvalue weighted by atomic mass is 9.87. The highest BCUT2D eigenvalue weighted by Gasteiger charge is 2.25. The van der Waals surface area contributed by atoms with E-state index >= 15 is 0 Å². The first-order chi connectivity index (χ1) is 10.9. The standard InChI is InChI=1S/C20H24BrNS/c1-20(2,3)16-6-10-18(11-7-16)22-12-13-23-14-19(22)15-4-8-17(21)9-5-15/h4-11,19H,12-14H2,1-3H3. The zero-order chi connectivity index (χ0) is 16.4. The Morgan fingerprint density at radius 1 is 1.00 bits per heavy atom. The molecule has 1 unspecified atom stereocenters. The van der Waals surface area contributed by atoms with E-state index in [2.05, 4.69) is 102 Å². The fourth-order valence-corrected chi connectivity index (χ4v) is 4.38. The van der Waals surface area contributed by atoms with Crippen molar-refractivity contribution in [1.82, 2.24) is 0 Å². The van der Waals surface area contributed by atoms with E-state index in [-0.39, 0.29) is 5.41 Å². The van der Waals surface area contributed by atoms with E-state index in [1.165, 1.54) is 22.6 Å². The second-order valence-electron chi connectivity index (χ2n) is 7.13. The Kier molecular flexibility index (Phi) is 5.07. The van der Waals surface area contributed by atoms with Crippen LogP contribution in [0, 0.1) is 0 Å². The van der Waals surface area contributed by atoms with Crippen molar-refractivity contribution in [3.63, 3.8) is 0 Å². The van der Waals surface area contributed by atoms with Gasteiger partial charge in [-0.15, -0.1) is 0 Å². The summed E-state index contributed by atoms with van der Waals surface area (Å²) in [6.45, 7) is 7.92. The summed E-state index contributed by atoms with van der Waals surface area (Å²) >= 11 is 5.59. The second kappa shape index (κ2) is 6.90. The van der Waals surface area contributed by atoms with Crippen molar-refractivity contribution in [2.24, 2.45) is 0 Å². The van der Waals surface area contributed by atoms with Crippen LogP contribution in [-0.4, -0.2) is 18.1 Å². The van der Waals surface area contributed by atoms with Crippen LogP contribution in [0.1, 0.15) is 37.9 Å². The van der Waals surface area contributed by atoms with Crippen molar-refractivity contribution in [3.8, 4) is 0 Å². The third-order valence-corrected chi connectivity index (χ3v) is 6.00. The molecule has 0 radical (unpaired) electrons. The van der Waals surface area contributed by atoms with Crippen LogP contribution >= 0.6 is 27.7 Å². The molecule has 0 spiro atoms. The molecule has 2 aromatic carbocycles. The van der Waals surface area contributed by atoms with Gasteiger partial charge in [-0.05, 0) is 40.8 Å². The molecule has 1 fully saturated rings. The third kappa shape index (κ3) is 3.95. The minimum absolute atomic E-state index is 0.210. The minimum atomic E-state index is 0.210. The quantitative estimate of drug-likeness (QED) is 0.615. The van der Waals surface area contributed by atoms with Gasteiger partial charge < -0.3 is 4.90 Å². The molecular weight excluding hydrogens is 366 g/mol. The first kappa shape index (κ1) is 16.9. The highest BCUT2D eigenvalue weighted by molar-refractivity contribution is 9.10. The van der Waals surface area contributed by atoms with Gasteiger partial charge in [0.2, 0.25) is 0 Å². The van der Waals surface area contributed by atoms with Gasteiger partial charge in [-0.1, -0.05) is 61.0 Å². The van der Waals surface area contributed by atoms with Crippen LogP contribution in [0.3, 0.4) is 0 Å². The van der Waals surface area contributed by atoms with Crippen molar-refractivity contribution in [1.29, 1.82) is 0 Å². The Morgan fingerprint density at radius 2 is 1.65 bits per heavy atom. The summed E-state index contributed by atoms with van der Waals surface area (Å²) in [5, 5.41) is 0. The lowest BCUT2D eigenvalue weighted by molar-refractivity contribution is 0.590. The molecule has 1 aliphatic rings. The Morgan fingerprint density at radius 3 is 2.26 bits per heavy atom. The van der Waals surface area contributed by atoms with Crippen molar-refractivity contribution < 1.29 is 0 Å². The number of benzene rings is 2. The fraction of sp³-hybridized carbons (Fsp3) is 0.400. The number of thioether (sulfide) groups is 1. The topological polar surface area (TPSA) is 3.24 Å². The Balaban J connectivity index is 1.88. The second-order valence-corrected chi connectivity index (χ2v) is 9.20. The van der Waals surface area contributed by atoms with E-state index in [9.17, 15) is 0 Å². The monoisotopic (exact) mass is 389 g/mol. The van der Waals surface area contributed by atoms with Crippen molar-refractivity contribution >= 4 is 33.4 Å². The summed E-state index contributed by atoms with van der Waals surface area (Å²) in [6.07, 6.45) is 0. The number of hydrogen-bond donors (Lipinski definition) is 0. The van der Waals surface area contributed by atoms with Gasteiger partial charge in [-0.2, -0.15) is 11.8 Å². The maximum absolute atomic E-state index is 3.54. The molecular formula is C20H24BrNS. The summed E-state index contributed by atoms with van der Waals surface area (Å²) in [5.74, 6) is 2.36. The SMILES string of the molecule is CC(C)(C)c1ccc(N2CCSCC2c2ccc(Br)cc2)cc1. The zero-order valence-electron chi connectivity index (χ0n) is 14.1. The molecule has 23 heavy (non-hydrogen) atoms. The van der Waals surface area contributed by atoms with Gasteiger partial charge in [-0.3, -0.25) is 0 Å². The van der Waals surface area contributed by atoms with E-state index in [0.29, 0.717) is 6.04 Å². The van der Waals surface area contributed by atoms with Gasteiger partial charge in [0, 0.05) is 28.2 Å². The molecule has 0 saturated carbocycles. The maximum Gasteiger partial charge on any atom is 0.0633 e. The summed E-state index contributed by atoms with van der Waals surface area (Å²) in [6, 6.07) is 18.4. The van der Waals surface area contributed by atoms with E-state index in [1.54, 1.807) is 0 Å². The molecule has 3 heteroatoms. The van der Waals surface area contributed by atoms with Gasteiger partial charge in [0.15, 0.2) is 0 Å². The Hall–Kier alpha value is -0.930. The van der Waals surface area contributed by atoms with Crippen molar-refractivity contribution in [3.05, 3.63) is 64.1 Å². The predicted octanol–water partition coefficient (Wildman–Crippen LogP) is 6.04. The predicted molar refractivity (Wildman–Crippen MR) is 107 cm³/mol. The molecule has 3 rings (SSSR count). The van der Waals surface area contributed by atoms with Gasteiger partial charge in [0.05, 0.1) is 6.04 Å². The van der Waals surface area contributed by atoms with E-state index in [1.807, 2.05) is 0 Å². The Bertz CT molecular complexity index is 643.